The molecule has 0 saturated carbocycles. The molecule has 1 unspecified atom stereocenters. The van der Waals surface area contributed by atoms with Gasteiger partial charge in [-0.15, -0.1) is 0 Å². The fourth-order valence-corrected chi connectivity index (χ4v) is 2.98. The molecule has 1 saturated heterocycles. The Hall–Kier alpha value is -0.860. The summed E-state index contributed by atoms with van der Waals surface area (Å²) in [6.07, 6.45) is 2.70. The van der Waals surface area contributed by atoms with Crippen molar-refractivity contribution in [3.63, 3.8) is 0 Å². The van der Waals surface area contributed by atoms with Crippen molar-refractivity contribution in [3.8, 4) is 0 Å². The molecule has 2 heteroatoms. The van der Waals surface area contributed by atoms with Crippen molar-refractivity contribution in [2.24, 2.45) is 5.92 Å². The molecule has 1 fully saturated rings. The molecule has 2 rings (SSSR count). The minimum Gasteiger partial charge on any atom is -0.312 e. The third-order valence-corrected chi connectivity index (χ3v) is 4.01. The van der Waals surface area contributed by atoms with Crippen LogP contribution in [0.5, 0.6) is 0 Å². The zero-order valence-corrected chi connectivity index (χ0v) is 13.6. The number of hydrogen-bond donors (Lipinski definition) is 1. The second-order valence-corrected chi connectivity index (χ2v) is 7.36. The van der Waals surface area contributed by atoms with Crippen LogP contribution in [0.3, 0.4) is 0 Å². The average Bonchev–Trinajstić information content (AvgIpc) is 2.36. The largest absolute Gasteiger partial charge is 0.312 e. The van der Waals surface area contributed by atoms with Crippen molar-refractivity contribution in [2.45, 2.75) is 52.6 Å². The predicted octanol–water partition coefficient (Wildman–Crippen LogP) is 3.60. The second-order valence-electron chi connectivity index (χ2n) is 7.36. The van der Waals surface area contributed by atoms with Crippen LogP contribution in [-0.4, -0.2) is 30.1 Å². The summed E-state index contributed by atoms with van der Waals surface area (Å²) in [6.45, 7) is 13.7. The topological polar surface area (TPSA) is 15.3 Å². The lowest BCUT2D eigenvalue weighted by Crippen LogP contribution is -2.44. The highest BCUT2D eigenvalue weighted by Gasteiger charge is 2.21. The van der Waals surface area contributed by atoms with Crippen LogP contribution in [-0.2, 0) is 6.54 Å². The van der Waals surface area contributed by atoms with Crippen LogP contribution < -0.4 is 5.32 Å². The zero-order chi connectivity index (χ0) is 14.6. The fourth-order valence-electron chi connectivity index (χ4n) is 2.98. The summed E-state index contributed by atoms with van der Waals surface area (Å²) in [4.78, 5) is 2.62. The van der Waals surface area contributed by atoms with E-state index in [2.05, 4.69) is 62.2 Å². The molecule has 0 aliphatic carbocycles. The van der Waals surface area contributed by atoms with E-state index in [0.29, 0.717) is 0 Å². The van der Waals surface area contributed by atoms with Crippen LogP contribution in [0.25, 0.3) is 0 Å². The van der Waals surface area contributed by atoms with Gasteiger partial charge in [-0.05, 0) is 65.1 Å². The third kappa shape index (κ3) is 5.26. The van der Waals surface area contributed by atoms with Crippen LogP contribution >= 0.6 is 0 Å². The Labute approximate surface area is 124 Å². The lowest BCUT2D eigenvalue weighted by Gasteiger charge is -2.34. The maximum Gasteiger partial charge on any atom is 0.0233 e. The maximum atomic E-state index is 3.66. The summed E-state index contributed by atoms with van der Waals surface area (Å²) in [5.41, 5.74) is 3.05. The van der Waals surface area contributed by atoms with E-state index in [-0.39, 0.29) is 5.54 Å². The number of hydrogen-bond acceptors (Lipinski definition) is 2. The van der Waals surface area contributed by atoms with E-state index in [1.165, 1.54) is 37.1 Å². The summed E-state index contributed by atoms with van der Waals surface area (Å²) >= 11 is 0. The Bertz CT molecular complexity index is 420. The minimum atomic E-state index is 0.235. The minimum absolute atomic E-state index is 0.235. The van der Waals surface area contributed by atoms with Gasteiger partial charge in [-0.25, -0.2) is 0 Å². The summed E-state index contributed by atoms with van der Waals surface area (Å²) in [5.74, 6) is 0.799. The van der Waals surface area contributed by atoms with Gasteiger partial charge in [0.2, 0.25) is 0 Å². The predicted molar refractivity (Wildman–Crippen MR) is 86.9 cm³/mol. The van der Waals surface area contributed by atoms with Crippen LogP contribution in [0.1, 0.15) is 44.7 Å². The molecule has 0 bridgehead atoms. The molecule has 1 atom stereocenters. The summed E-state index contributed by atoms with van der Waals surface area (Å²) in [5, 5.41) is 3.66. The summed E-state index contributed by atoms with van der Waals surface area (Å²) in [7, 11) is 0. The standard InChI is InChI=1S/C18H30N2/c1-15-7-5-8-16(11-15)13-20-10-6-9-17(14-20)12-19-18(2,3)4/h5,7-8,11,17,19H,6,9-10,12-14H2,1-4H3. The first-order valence-corrected chi connectivity index (χ1v) is 7.95. The van der Waals surface area contributed by atoms with Crippen LogP contribution in [0.2, 0.25) is 0 Å². The Balaban J connectivity index is 1.84. The number of rotatable bonds is 4. The van der Waals surface area contributed by atoms with Gasteiger partial charge in [0, 0.05) is 18.6 Å². The molecule has 0 spiro atoms. The van der Waals surface area contributed by atoms with E-state index in [1.54, 1.807) is 0 Å². The quantitative estimate of drug-likeness (QED) is 0.902. The second kappa shape index (κ2) is 6.73. The monoisotopic (exact) mass is 274 g/mol. The number of piperidine rings is 1. The fraction of sp³-hybridized carbons (Fsp3) is 0.667. The Kier molecular flexibility index (Phi) is 5.22. The molecule has 1 aliphatic rings. The van der Waals surface area contributed by atoms with Gasteiger partial charge in [-0.1, -0.05) is 29.8 Å². The summed E-state index contributed by atoms with van der Waals surface area (Å²) in [6, 6.07) is 8.92. The van der Waals surface area contributed by atoms with Crippen LogP contribution in [0, 0.1) is 12.8 Å². The van der Waals surface area contributed by atoms with Gasteiger partial charge in [-0.3, -0.25) is 4.90 Å². The summed E-state index contributed by atoms with van der Waals surface area (Å²) < 4.78 is 0. The van der Waals surface area contributed by atoms with Crippen molar-refractivity contribution in [2.75, 3.05) is 19.6 Å². The molecule has 112 valence electrons. The van der Waals surface area contributed by atoms with E-state index in [1.807, 2.05) is 0 Å². The van der Waals surface area contributed by atoms with E-state index < -0.39 is 0 Å². The number of likely N-dealkylation sites (tertiary alicyclic amines) is 1. The van der Waals surface area contributed by atoms with E-state index in [9.17, 15) is 0 Å². The molecular formula is C18H30N2. The SMILES string of the molecule is Cc1cccc(CN2CCCC(CNC(C)(C)C)C2)c1. The molecule has 1 aromatic carbocycles. The van der Waals surface area contributed by atoms with E-state index >= 15 is 0 Å². The Morgan fingerprint density at radius 3 is 2.80 bits per heavy atom. The van der Waals surface area contributed by atoms with Crippen molar-refractivity contribution in [3.05, 3.63) is 35.4 Å². The molecule has 0 amide bonds. The molecule has 1 N–H and O–H groups in total. The van der Waals surface area contributed by atoms with Crippen molar-refractivity contribution < 1.29 is 0 Å². The van der Waals surface area contributed by atoms with Gasteiger partial charge < -0.3 is 5.32 Å². The van der Waals surface area contributed by atoms with Gasteiger partial charge >= 0.3 is 0 Å². The number of aryl methyl sites for hydroxylation is 1. The van der Waals surface area contributed by atoms with E-state index in [4.69, 9.17) is 0 Å². The van der Waals surface area contributed by atoms with E-state index in [0.717, 1.165) is 19.0 Å². The first-order valence-electron chi connectivity index (χ1n) is 7.95. The number of nitrogens with one attached hydrogen (secondary N) is 1. The number of benzene rings is 1. The molecule has 2 nitrogen and oxygen atoms in total. The normalized spacial score (nSPS) is 21.1. The van der Waals surface area contributed by atoms with Gasteiger partial charge in [0.15, 0.2) is 0 Å². The third-order valence-electron chi connectivity index (χ3n) is 4.01. The number of nitrogens with zero attached hydrogens (tertiary/aromatic N) is 1. The molecule has 1 aliphatic heterocycles. The highest BCUT2D eigenvalue weighted by Crippen LogP contribution is 2.19. The van der Waals surface area contributed by atoms with Crippen molar-refractivity contribution in [1.82, 2.24) is 10.2 Å². The Morgan fingerprint density at radius 1 is 1.30 bits per heavy atom. The zero-order valence-electron chi connectivity index (χ0n) is 13.6. The molecule has 0 radical (unpaired) electrons. The van der Waals surface area contributed by atoms with Crippen LogP contribution in [0.4, 0.5) is 0 Å². The van der Waals surface area contributed by atoms with Gasteiger partial charge in [0.05, 0.1) is 0 Å². The Morgan fingerprint density at radius 2 is 2.10 bits per heavy atom. The first-order chi connectivity index (χ1) is 9.42. The highest BCUT2D eigenvalue weighted by atomic mass is 15.1. The molecule has 20 heavy (non-hydrogen) atoms. The molecule has 0 aromatic heterocycles. The maximum absolute atomic E-state index is 3.66. The van der Waals surface area contributed by atoms with Crippen LogP contribution in [0.15, 0.2) is 24.3 Å². The van der Waals surface area contributed by atoms with Crippen molar-refractivity contribution >= 4 is 0 Å². The highest BCUT2D eigenvalue weighted by molar-refractivity contribution is 5.22. The molecule has 1 aromatic rings. The van der Waals surface area contributed by atoms with Crippen molar-refractivity contribution in [1.29, 1.82) is 0 Å². The molecular weight excluding hydrogens is 244 g/mol. The lowest BCUT2D eigenvalue weighted by molar-refractivity contribution is 0.159. The molecule has 1 heterocycles. The first kappa shape index (κ1) is 15.5. The van der Waals surface area contributed by atoms with Gasteiger partial charge in [-0.2, -0.15) is 0 Å². The van der Waals surface area contributed by atoms with Gasteiger partial charge in [0.1, 0.15) is 0 Å². The smallest absolute Gasteiger partial charge is 0.0233 e. The average molecular weight is 274 g/mol. The van der Waals surface area contributed by atoms with Gasteiger partial charge in [0.25, 0.3) is 0 Å². The lowest BCUT2D eigenvalue weighted by atomic mass is 9.96.